The van der Waals surface area contributed by atoms with Gasteiger partial charge in [-0.05, 0) is 12.8 Å². The molecule has 0 aliphatic carbocycles. The van der Waals surface area contributed by atoms with Crippen LogP contribution in [-0.2, 0) is 9.84 Å². The Bertz CT molecular complexity index is 304. The third kappa shape index (κ3) is 4.70. The minimum Gasteiger partial charge on any atom is -0.337 e. The molecule has 5 nitrogen and oxygen atoms in total. The van der Waals surface area contributed by atoms with Crippen molar-refractivity contribution in [1.82, 2.24) is 10.6 Å². The number of nitrogens with one attached hydrogen (secondary N) is 2. The fraction of sp³-hybridized carbons (Fsp3) is 0.875. The molecule has 0 spiro atoms. The molecule has 1 aliphatic heterocycles. The lowest BCUT2D eigenvalue weighted by molar-refractivity contribution is 0.236. The van der Waals surface area contributed by atoms with Gasteiger partial charge >= 0.3 is 6.03 Å². The normalized spacial score (nSPS) is 20.9. The Kier molecular flexibility index (Phi) is 4.66. The van der Waals surface area contributed by atoms with Crippen molar-refractivity contribution in [1.29, 1.82) is 0 Å². The Morgan fingerprint density at radius 2 is 1.93 bits per heavy atom. The Morgan fingerprint density at radius 1 is 1.33 bits per heavy atom. The average Bonchev–Trinajstić information content (AvgIpc) is 2.18. The summed E-state index contributed by atoms with van der Waals surface area (Å²) in [4.78, 5) is 11.2. The van der Waals surface area contributed by atoms with Gasteiger partial charge in [0.15, 0.2) is 0 Å². The molecule has 0 aromatic heterocycles. The van der Waals surface area contributed by atoms with E-state index in [0.29, 0.717) is 25.3 Å². The summed E-state index contributed by atoms with van der Waals surface area (Å²) < 4.78 is 22.2. The van der Waals surface area contributed by atoms with Gasteiger partial charge in [0.05, 0.1) is 11.5 Å². The number of amides is 2. The molecule has 0 aromatic carbocycles. The van der Waals surface area contributed by atoms with Crippen LogP contribution < -0.4 is 10.6 Å². The van der Waals surface area contributed by atoms with Crippen LogP contribution in [-0.4, -0.2) is 44.4 Å². The van der Waals surface area contributed by atoms with Crippen molar-refractivity contribution in [2.24, 2.45) is 0 Å². The Labute approximate surface area is 94.5 Å². The van der Waals surface area contributed by atoms with Crippen molar-refractivity contribution in [3.63, 3.8) is 0 Å². The molecule has 1 heterocycles. The summed E-state index contributed by atoms with van der Waals surface area (Å²) in [6.07, 6.45) is 0.993. The topological polar surface area (TPSA) is 75.3 Å². The summed E-state index contributed by atoms with van der Waals surface area (Å²) in [5, 5.41) is 5.29. The molecule has 1 aliphatic rings. The van der Waals surface area contributed by atoms with E-state index in [4.69, 9.17) is 11.6 Å². The molecule has 0 unspecified atom stereocenters. The smallest absolute Gasteiger partial charge is 0.315 e. The molecule has 0 saturated carbocycles. The van der Waals surface area contributed by atoms with Gasteiger partial charge in [-0.25, -0.2) is 13.2 Å². The second kappa shape index (κ2) is 5.55. The Balaban J connectivity index is 2.26. The number of carbonyl (C=O) groups excluding carboxylic acids is 1. The first-order valence-corrected chi connectivity index (χ1v) is 7.20. The number of carbonyl (C=O) groups is 1. The zero-order chi connectivity index (χ0) is 11.3. The van der Waals surface area contributed by atoms with Crippen LogP contribution in [0, 0.1) is 0 Å². The summed E-state index contributed by atoms with van der Waals surface area (Å²) in [5.41, 5.74) is 0. The van der Waals surface area contributed by atoms with Gasteiger partial charge in [0.1, 0.15) is 9.84 Å². The first kappa shape index (κ1) is 12.6. The maximum Gasteiger partial charge on any atom is 0.315 e. The maximum atomic E-state index is 11.2. The van der Waals surface area contributed by atoms with E-state index in [1.165, 1.54) is 0 Å². The van der Waals surface area contributed by atoms with Crippen molar-refractivity contribution >= 4 is 27.5 Å². The molecule has 2 amide bonds. The SMILES string of the molecule is O=C(NCCCl)NC1CCS(=O)(=O)CC1. The van der Waals surface area contributed by atoms with E-state index in [9.17, 15) is 13.2 Å². The minimum atomic E-state index is -2.86. The first-order chi connectivity index (χ1) is 7.03. The van der Waals surface area contributed by atoms with E-state index in [1.807, 2.05) is 0 Å². The van der Waals surface area contributed by atoms with Gasteiger partial charge in [0.2, 0.25) is 0 Å². The lowest BCUT2D eigenvalue weighted by Gasteiger charge is -2.22. The molecular formula is C8H15ClN2O3S. The van der Waals surface area contributed by atoms with Gasteiger partial charge in [0.25, 0.3) is 0 Å². The van der Waals surface area contributed by atoms with Gasteiger partial charge in [-0.2, -0.15) is 0 Å². The summed E-state index contributed by atoms with van der Waals surface area (Å²) in [6, 6.07) is -0.316. The second-order valence-corrected chi connectivity index (χ2v) is 6.20. The standard InChI is InChI=1S/C8H15ClN2O3S/c9-3-4-10-8(12)11-7-1-5-15(13,14)6-2-7/h7H,1-6H2,(H2,10,11,12). The van der Waals surface area contributed by atoms with Crippen molar-refractivity contribution in [3.8, 4) is 0 Å². The molecule has 7 heteroatoms. The third-order valence-corrected chi connectivity index (χ3v) is 4.17. The van der Waals surface area contributed by atoms with Crippen LogP contribution in [0.2, 0.25) is 0 Å². The highest BCUT2D eigenvalue weighted by molar-refractivity contribution is 7.91. The predicted octanol–water partition coefficient (Wildman–Crippen LogP) is 0.102. The van der Waals surface area contributed by atoms with Crippen molar-refractivity contribution in [3.05, 3.63) is 0 Å². The molecule has 1 fully saturated rings. The van der Waals surface area contributed by atoms with Gasteiger partial charge in [-0.3, -0.25) is 0 Å². The number of sulfone groups is 1. The van der Waals surface area contributed by atoms with Crippen LogP contribution in [0.4, 0.5) is 4.79 Å². The van der Waals surface area contributed by atoms with Gasteiger partial charge in [-0.1, -0.05) is 0 Å². The molecule has 0 radical (unpaired) electrons. The molecule has 2 N–H and O–H groups in total. The summed E-state index contributed by atoms with van der Waals surface area (Å²) in [7, 11) is -2.86. The average molecular weight is 255 g/mol. The molecule has 0 atom stereocenters. The Hall–Kier alpha value is -0.490. The molecule has 1 saturated heterocycles. The lowest BCUT2D eigenvalue weighted by atomic mass is 10.2. The highest BCUT2D eigenvalue weighted by Crippen LogP contribution is 2.11. The van der Waals surface area contributed by atoms with Crippen LogP contribution in [0.25, 0.3) is 0 Å². The van der Waals surface area contributed by atoms with E-state index in [2.05, 4.69) is 10.6 Å². The molecule has 0 bridgehead atoms. The number of halogens is 1. The monoisotopic (exact) mass is 254 g/mol. The summed E-state index contributed by atoms with van der Waals surface area (Å²) >= 11 is 5.40. The van der Waals surface area contributed by atoms with Crippen LogP contribution in [0.15, 0.2) is 0 Å². The highest BCUT2D eigenvalue weighted by Gasteiger charge is 2.24. The van der Waals surface area contributed by atoms with Crippen LogP contribution in [0.3, 0.4) is 0 Å². The van der Waals surface area contributed by atoms with Gasteiger partial charge in [-0.15, -0.1) is 11.6 Å². The minimum absolute atomic E-state index is 0.0381. The number of urea groups is 1. The van der Waals surface area contributed by atoms with E-state index >= 15 is 0 Å². The number of rotatable bonds is 3. The molecule has 15 heavy (non-hydrogen) atoms. The summed E-state index contributed by atoms with van der Waals surface area (Å²) in [5.74, 6) is 0.688. The first-order valence-electron chi connectivity index (χ1n) is 4.84. The van der Waals surface area contributed by atoms with E-state index < -0.39 is 9.84 Å². The van der Waals surface area contributed by atoms with Crippen LogP contribution >= 0.6 is 11.6 Å². The zero-order valence-electron chi connectivity index (χ0n) is 8.33. The van der Waals surface area contributed by atoms with E-state index in [1.54, 1.807) is 0 Å². The van der Waals surface area contributed by atoms with Crippen molar-refractivity contribution in [2.45, 2.75) is 18.9 Å². The van der Waals surface area contributed by atoms with Crippen molar-refractivity contribution in [2.75, 3.05) is 23.9 Å². The zero-order valence-corrected chi connectivity index (χ0v) is 9.90. The second-order valence-electron chi connectivity index (χ2n) is 3.52. The molecule has 88 valence electrons. The third-order valence-electron chi connectivity index (χ3n) is 2.27. The number of hydrogen-bond donors (Lipinski definition) is 2. The van der Waals surface area contributed by atoms with Gasteiger partial charge < -0.3 is 10.6 Å². The fourth-order valence-electron chi connectivity index (χ4n) is 1.43. The highest BCUT2D eigenvalue weighted by atomic mass is 35.5. The lowest BCUT2D eigenvalue weighted by Crippen LogP contribution is -2.45. The quantitative estimate of drug-likeness (QED) is 0.702. The van der Waals surface area contributed by atoms with Crippen LogP contribution in [0.5, 0.6) is 0 Å². The maximum absolute atomic E-state index is 11.2. The predicted molar refractivity (Wildman–Crippen MR) is 58.9 cm³/mol. The fourth-order valence-corrected chi connectivity index (χ4v) is 3.02. The number of alkyl halides is 1. The molecular weight excluding hydrogens is 240 g/mol. The van der Waals surface area contributed by atoms with Crippen molar-refractivity contribution < 1.29 is 13.2 Å². The van der Waals surface area contributed by atoms with E-state index in [-0.39, 0.29) is 23.6 Å². The van der Waals surface area contributed by atoms with Crippen LogP contribution in [0.1, 0.15) is 12.8 Å². The largest absolute Gasteiger partial charge is 0.337 e. The molecule has 0 aromatic rings. The molecule has 1 rings (SSSR count). The summed E-state index contributed by atoms with van der Waals surface area (Å²) in [6.45, 7) is 0.415. The number of hydrogen-bond acceptors (Lipinski definition) is 3. The van der Waals surface area contributed by atoms with E-state index in [0.717, 1.165) is 0 Å². The van der Waals surface area contributed by atoms with Gasteiger partial charge in [0, 0.05) is 18.5 Å². The Morgan fingerprint density at radius 3 is 2.47 bits per heavy atom.